The van der Waals surface area contributed by atoms with Crippen LogP contribution >= 0.6 is 11.6 Å². The van der Waals surface area contributed by atoms with Crippen molar-refractivity contribution in [2.24, 2.45) is 4.36 Å². The van der Waals surface area contributed by atoms with Gasteiger partial charge >= 0.3 is 0 Å². The van der Waals surface area contributed by atoms with Crippen molar-refractivity contribution in [2.75, 3.05) is 25.7 Å². The number of aliphatic hydroxyl groups is 1. The number of pyridine rings is 1. The van der Waals surface area contributed by atoms with E-state index in [1.54, 1.807) is 12.5 Å². The number of benzene rings is 2. The fourth-order valence-electron chi connectivity index (χ4n) is 4.12. The molecule has 2 aromatic carbocycles. The lowest BCUT2D eigenvalue weighted by atomic mass is 10.0. The SMILES string of the molecule is CS(C)(=O)=Nc1ccc(-c2ccc(-c3nc4cc(O[C@@H]5CO[C@H](CO)C5)[nH]c4cc3Cl)cc2)cc1. The summed E-state index contributed by atoms with van der Waals surface area (Å²) in [7, 11) is -2.19. The van der Waals surface area contributed by atoms with Gasteiger partial charge in [-0.1, -0.05) is 48.0 Å². The summed E-state index contributed by atoms with van der Waals surface area (Å²) in [6, 6.07) is 19.4. The molecule has 2 atom stereocenters. The molecule has 0 saturated carbocycles. The molecule has 0 radical (unpaired) electrons. The lowest BCUT2D eigenvalue weighted by Gasteiger charge is -2.09. The summed E-state index contributed by atoms with van der Waals surface area (Å²) in [5.41, 5.74) is 5.92. The summed E-state index contributed by atoms with van der Waals surface area (Å²) < 4.78 is 27.6. The highest BCUT2D eigenvalue weighted by atomic mass is 35.5. The first-order valence-corrected chi connectivity index (χ1v) is 13.9. The molecule has 1 aliphatic rings. The van der Waals surface area contributed by atoms with Crippen LogP contribution in [0.2, 0.25) is 5.02 Å². The van der Waals surface area contributed by atoms with Gasteiger partial charge in [-0.15, -0.1) is 0 Å². The van der Waals surface area contributed by atoms with Gasteiger partial charge in [0, 0.05) is 40.3 Å². The molecular weight excluding hydrogens is 486 g/mol. The smallest absolute Gasteiger partial charge is 0.193 e. The van der Waals surface area contributed by atoms with Crippen LogP contribution in [-0.2, 0) is 14.5 Å². The molecule has 9 heteroatoms. The minimum atomic E-state index is -2.19. The third kappa shape index (κ3) is 5.51. The molecule has 0 spiro atoms. The molecule has 182 valence electrons. The molecule has 2 N–H and O–H groups in total. The third-order valence-electron chi connectivity index (χ3n) is 5.76. The van der Waals surface area contributed by atoms with Gasteiger partial charge in [0.2, 0.25) is 0 Å². The first-order chi connectivity index (χ1) is 16.8. The minimum absolute atomic E-state index is 0.00634. The van der Waals surface area contributed by atoms with Crippen LogP contribution in [0.1, 0.15) is 6.42 Å². The van der Waals surface area contributed by atoms with E-state index >= 15 is 0 Å². The molecule has 7 nitrogen and oxygen atoms in total. The van der Waals surface area contributed by atoms with Gasteiger partial charge in [-0.2, -0.15) is 4.36 Å². The van der Waals surface area contributed by atoms with Crippen LogP contribution in [0.25, 0.3) is 33.4 Å². The number of nitrogens with one attached hydrogen (secondary N) is 1. The van der Waals surface area contributed by atoms with Crippen LogP contribution in [0, 0.1) is 0 Å². The van der Waals surface area contributed by atoms with Gasteiger partial charge < -0.3 is 19.6 Å². The number of aromatic amines is 1. The first-order valence-electron chi connectivity index (χ1n) is 11.2. The van der Waals surface area contributed by atoms with Crippen LogP contribution in [0.3, 0.4) is 0 Å². The fraction of sp³-hybridized carbons (Fsp3) is 0.269. The Hall–Kier alpha value is -2.91. The highest BCUT2D eigenvalue weighted by Gasteiger charge is 2.27. The van der Waals surface area contributed by atoms with E-state index in [0.29, 0.717) is 35.3 Å². The largest absolute Gasteiger partial charge is 0.473 e. The van der Waals surface area contributed by atoms with E-state index in [1.807, 2.05) is 60.7 Å². The number of nitrogens with zero attached hydrogens (tertiary/aromatic N) is 2. The third-order valence-corrected chi connectivity index (χ3v) is 6.69. The van der Waals surface area contributed by atoms with E-state index in [1.165, 1.54) is 0 Å². The number of fused-ring (bicyclic) bond motifs is 1. The summed E-state index contributed by atoms with van der Waals surface area (Å²) in [6.45, 7) is 0.440. The predicted molar refractivity (Wildman–Crippen MR) is 140 cm³/mol. The van der Waals surface area contributed by atoms with Gasteiger partial charge in [-0.05, 0) is 29.3 Å². The topological polar surface area (TPSA) is 96.8 Å². The zero-order valence-corrected chi connectivity index (χ0v) is 21.0. The van der Waals surface area contributed by atoms with Gasteiger partial charge in [-0.3, -0.25) is 0 Å². The fourth-order valence-corrected chi connectivity index (χ4v) is 5.01. The Bertz CT molecular complexity index is 1470. The summed E-state index contributed by atoms with van der Waals surface area (Å²) in [4.78, 5) is 7.98. The Morgan fingerprint density at radius 1 is 1.11 bits per heavy atom. The van der Waals surface area contributed by atoms with Crippen LogP contribution in [0.4, 0.5) is 5.69 Å². The predicted octanol–water partition coefficient (Wildman–Crippen LogP) is 5.44. The Balaban J connectivity index is 1.36. The van der Waals surface area contributed by atoms with Crippen molar-refractivity contribution >= 4 is 38.1 Å². The average Bonchev–Trinajstić information content (AvgIpc) is 3.44. The lowest BCUT2D eigenvalue weighted by molar-refractivity contribution is 0.0531. The van der Waals surface area contributed by atoms with E-state index in [4.69, 9.17) is 26.1 Å². The van der Waals surface area contributed by atoms with Crippen LogP contribution in [-0.4, -0.2) is 57.2 Å². The molecule has 5 rings (SSSR count). The quantitative estimate of drug-likeness (QED) is 0.359. The van der Waals surface area contributed by atoms with Gasteiger partial charge in [0.15, 0.2) is 5.88 Å². The molecule has 0 aliphatic carbocycles. The number of halogens is 1. The Kier molecular flexibility index (Phi) is 6.55. The monoisotopic (exact) mass is 511 g/mol. The zero-order valence-electron chi connectivity index (χ0n) is 19.4. The second kappa shape index (κ2) is 9.62. The van der Waals surface area contributed by atoms with E-state index in [9.17, 15) is 9.32 Å². The summed E-state index contributed by atoms with van der Waals surface area (Å²) >= 11 is 6.58. The molecule has 1 aliphatic heterocycles. The molecule has 0 amide bonds. The maximum absolute atomic E-state index is 11.9. The maximum Gasteiger partial charge on any atom is 0.193 e. The minimum Gasteiger partial charge on any atom is -0.473 e. The van der Waals surface area contributed by atoms with E-state index < -0.39 is 9.73 Å². The van der Waals surface area contributed by atoms with Crippen molar-refractivity contribution in [2.45, 2.75) is 18.6 Å². The number of aromatic nitrogens is 2. The molecule has 3 heterocycles. The second-order valence-corrected chi connectivity index (χ2v) is 11.8. The Morgan fingerprint density at radius 3 is 2.40 bits per heavy atom. The van der Waals surface area contributed by atoms with Gasteiger partial charge in [0.25, 0.3) is 0 Å². The highest BCUT2D eigenvalue weighted by Crippen LogP contribution is 2.33. The lowest BCUT2D eigenvalue weighted by Crippen LogP contribution is -2.17. The molecule has 0 bridgehead atoms. The first kappa shape index (κ1) is 23.8. The highest BCUT2D eigenvalue weighted by molar-refractivity contribution is 7.92. The molecular formula is C26H26ClN3O4S. The van der Waals surface area contributed by atoms with Crippen LogP contribution in [0.5, 0.6) is 5.88 Å². The second-order valence-electron chi connectivity index (χ2n) is 8.90. The van der Waals surface area contributed by atoms with E-state index in [2.05, 4.69) is 9.35 Å². The van der Waals surface area contributed by atoms with Crippen molar-refractivity contribution in [1.29, 1.82) is 0 Å². The van der Waals surface area contributed by atoms with Crippen molar-refractivity contribution < 1.29 is 18.8 Å². The molecule has 35 heavy (non-hydrogen) atoms. The zero-order chi connectivity index (χ0) is 24.6. The number of ether oxygens (including phenoxy) is 2. The van der Waals surface area contributed by atoms with Crippen molar-refractivity contribution in [3.63, 3.8) is 0 Å². The normalized spacial score (nSPS) is 18.2. The summed E-state index contributed by atoms with van der Waals surface area (Å²) in [6.07, 6.45) is 3.60. The van der Waals surface area contributed by atoms with Gasteiger partial charge in [0.05, 0.1) is 46.8 Å². The molecule has 2 aromatic heterocycles. The van der Waals surface area contributed by atoms with Crippen LogP contribution < -0.4 is 4.74 Å². The Morgan fingerprint density at radius 2 is 1.77 bits per heavy atom. The van der Waals surface area contributed by atoms with Crippen molar-refractivity contribution in [3.8, 4) is 28.3 Å². The standard InChI is InChI=1S/C26H26ClN3O4S/c1-35(2,32)30-19-9-7-17(8-10-19)16-3-5-18(6-4-16)26-22(27)12-23-24(29-26)13-25(28-23)34-21-11-20(14-31)33-15-21/h3-10,12-13,20-21,28,31H,11,14-15H2,1-2H3/t20-,21-/m0/s1. The van der Waals surface area contributed by atoms with E-state index in [0.717, 1.165) is 27.7 Å². The van der Waals surface area contributed by atoms with Crippen molar-refractivity contribution in [1.82, 2.24) is 9.97 Å². The Labute approximate surface area is 209 Å². The van der Waals surface area contributed by atoms with Gasteiger partial charge in [0.1, 0.15) is 6.10 Å². The molecule has 1 fully saturated rings. The maximum atomic E-state index is 11.9. The van der Waals surface area contributed by atoms with Gasteiger partial charge in [-0.25, -0.2) is 9.19 Å². The number of hydrogen-bond donors (Lipinski definition) is 2. The number of hydrogen-bond acceptors (Lipinski definition) is 6. The molecule has 1 saturated heterocycles. The summed E-state index contributed by atoms with van der Waals surface area (Å²) in [5, 5.41) is 9.78. The number of H-pyrrole nitrogens is 1. The molecule has 4 aromatic rings. The number of rotatable bonds is 6. The summed E-state index contributed by atoms with van der Waals surface area (Å²) in [5.74, 6) is 0.598. The van der Waals surface area contributed by atoms with E-state index in [-0.39, 0.29) is 18.8 Å². The number of aliphatic hydroxyl groups excluding tert-OH is 1. The van der Waals surface area contributed by atoms with Crippen LogP contribution in [0.15, 0.2) is 65.0 Å². The average molecular weight is 512 g/mol. The molecule has 0 unspecified atom stereocenters. The van der Waals surface area contributed by atoms with Crippen molar-refractivity contribution in [3.05, 3.63) is 65.7 Å².